The first-order valence-corrected chi connectivity index (χ1v) is 5.95. The summed E-state index contributed by atoms with van der Waals surface area (Å²) < 4.78 is 0.822. The molecule has 0 aromatic heterocycles. The van der Waals surface area contributed by atoms with E-state index in [-0.39, 0.29) is 5.78 Å². The topological polar surface area (TPSA) is 17.1 Å². The molecule has 0 aliphatic carbocycles. The first-order valence-electron chi connectivity index (χ1n) is 5.95. The van der Waals surface area contributed by atoms with Crippen molar-refractivity contribution in [2.24, 2.45) is 0 Å². The Morgan fingerprint density at radius 2 is 1.82 bits per heavy atom. The summed E-state index contributed by atoms with van der Waals surface area (Å²) in [6, 6.07) is 10.4. The molecular formula is C15H22NO+. The molecule has 17 heavy (non-hydrogen) atoms. The summed E-state index contributed by atoms with van der Waals surface area (Å²) in [5, 5.41) is 0. The van der Waals surface area contributed by atoms with E-state index in [1.807, 2.05) is 18.2 Å². The number of hydrogen-bond acceptors (Lipinski definition) is 1. The summed E-state index contributed by atoms with van der Waals surface area (Å²) in [7, 11) is 4.30. The van der Waals surface area contributed by atoms with Crippen molar-refractivity contribution in [3.63, 3.8) is 0 Å². The number of Topliss-reactive ketones (excluding diaryl/α,β-unsaturated/α-hetero) is 1. The maximum Gasteiger partial charge on any atom is 0.163 e. The van der Waals surface area contributed by atoms with E-state index in [0.717, 1.165) is 17.6 Å². The Bertz CT molecular complexity index is 393. The molecule has 0 heterocycles. The molecule has 1 aromatic rings. The number of nitrogens with zero attached hydrogens (tertiary/aromatic N) is 1. The zero-order valence-electron chi connectivity index (χ0n) is 11.1. The Balaban J connectivity index is 2.52. The van der Waals surface area contributed by atoms with Crippen LogP contribution < -0.4 is 0 Å². The Labute approximate surface area is 104 Å². The second-order valence-electron chi connectivity index (χ2n) is 5.26. The zero-order chi connectivity index (χ0) is 12.9. The van der Waals surface area contributed by atoms with Crippen LogP contribution in [-0.4, -0.2) is 30.9 Å². The minimum atomic E-state index is 0.171. The average molecular weight is 232 g/mol. The number of carbonyl (C=O) groups is 1. The molecule has 0 saturated carbocycles. The van der Waals surface area contributed by atoms with Crippen molar-refractivity contribution in [3.8, 4) is 0 Å². The monoisotopic (exact) mass is 232 g/mol. The van der Waals surface area contributed by atoms with Crippen LogP contribution in [0.25, 0.3) is 0 Å². The number of rotatable bonds is 6. The number of ketones is 1. The molecule has 2 heteroatoms. The normalized spacial score (nSPS) is 11.2. The summed E-state index contributed by atoms with van der Waals surface area (Å²) in [6.07, 6.45) is 0.579. The second kappa shape index (κ2) is 5.78. The van der Waals surface area contributed by atoms with Crippen LogP contribution in [0, 0.1) is 0 Å². The molecule has 0 bridgehead atoms. The Kier molecular flexibility index (Phi) is 4.64. The molecule has 1 rings (SSSR count). The lowest BCUT2D eigenvalue weighted by Crippen LogP contribution is -2.40. The van der Waals surface area contributed by atoms with Crippen LogP contribution in [0.3, 0.4) is 0 Å². The predicted molar refractivity (Wildman–Crippen MR) is 71.6 cm³/mol. The van der Waals surface area contributed by atoms with E-state index in [2.05, 4.69) is 32.8 Å². The van der Waals surface area contributed by atoms with E-state index in [9.17, 15) is 4.79 Å². The first kappa shape index (κ1) is 13.7. The summed E-state index contributed by atoms with van der Waals surface area (Å²) in [6.45, 7) is 7.26. The van der Waals surface area contributed by atoms with Crippen LogP contribution in [-0.2, 0) is 11.3 Å². The first-order chi connectivity index (χ1) is 7.91. The molecule has 0 aliphatic rings. The summed E-state index contributed by atoms with van der Waals surface area (Å²) in [5.74, 6) is 0.171. The van der Waals surface area contributed by atoms with Gasteiger partial charge in [0.05, 0.1) is 27.1 Å². The number of carbonyl (C=O) groups excluding carboxylic acids is 1. The Morgan fingerprint density at radius 3 is 2.35 bits per heavy atom. The van der Waals surface area contributed by atoms with Gasteiger partial charge in [0.2, 0.25) is 0 Å². The Hall–Kier alpha value is -1.41. The maximum absolute atomic E-state index is 11.5. The lowest BCUT2D eigenvalue weighted by atomic mass is 10.1. The van der Waals surface area contributed by atoms with Gasteiger partial charge >= 0.3 is 0 Å². The van der Waals surface area contributed by atoms with Gasteiger partial charge in [0.1, 0.15) is 6.54 Å². The van der Waals surface area contributed by atoms with Crippen molar-refractivity contribution < 1.29 is 9.28 Å². The molecule has 0 aliphatic heterocycles. The van der Waals surface area contributed by atoms with Crippen molar-refractivity contribution in [2.75, 3.05) is 20.6 Å². The second-order valence-corrected chi connectivity index (χ2v) is 5.26. The number of hydrogen-bond donors (Lipinski definition) is 0. The number of allylic oxidation sites excluding steroid dienone is 1. The largest absolute Gasteiger partial charge is 0.324 e. The molecule has 0 atom stereocenters. The standard InChI is InChI=1S/C15H22NO/c1-13(2)15(17)10-11-16(3,4)12-14-8-6-5-7-9-14/h5-9H,1,10-12H2,2-4H3/q+1. The molecule has 0 amide bonds. The van der Waals surface area contributed by atoms with E-state index in [1.54, 1.807) is 6.92 Å². The van der Waals surface area contributed by atoms with E-state index < -0.39 is 0 Å². The van der Waals surface area contributed by atoms with Gasteiger partial charge in [-0.1, -0.05) is 36.9 Å². The van der Waals surface area contributed by atoms with E-state index >= 15 is 0 Å². The maximum atomic E-state index is 11.5. The fourth-order valence-corrected chi connectivity index (χ4v) is 1.77. The van der Waals surface area contributed by atoms with Gasteiger partial charge in [-0.3, -0.25) is 4.79 Å². The lowest BCUT2D eigenvalue weighted by molar-refractivity contribution is -0.903. The zero-order valence-corrected chi connectivity index (χ0v) is 11.1. The van der Waals surface area contributed by atoms with Gasteiger partial charge in [-0.2, -0.15) is 0 Å². The highest BCUT2D eigenvalue weighted by Gasteiger charge is 2.17. The van der Waals surface area contributed by atoms with Gasteiger partial charge in [0.25, 0.3) is 0 Å². The number of benzene rings is 1. The van der Waals surface area contributed by atoms with E-state index in [0.29, 0.717) is 12.0 Å². The predicted octanol–water partition coefficient (Wildman–Crippen LogP) is 2.80. The third-order valence-corrected chi connectivity index (χ3v) is 2.87. The minimum absolute atomic E-state index is 0.171. The van der Waals surface area contributed by atoms with Crippen LogP contribution in [0.5, 0.6) is 0 Å². The van der Waals surface area contributed by atoms with Crippen molar-refractivity contribution in [2.45, 2.75) is 19.9 Å². The van der Waals surface area contributed by atoms with Gasteiger partial charge in [-0.05, 0) is 12.5 Å². The average Bonchev–Trinajstić information content (AvgIpc) is 2.26. The molecule has 2 nitrogen and oxygen atoms in total. The highest BCUT2D eigenvalue weighted by atomic mass is 16.1. The summed E-state index contributed by atoms with van der Waals surface area (Å²) >= 11 is 0. The lowest BCUT2D eigenvalue weighted by Gasteiger charge is -2.29. The fraction of sp³-hybridized carbons (Fsp3) is 0.400. The van der Waals surface area contributed by atoms with Crippen LogP contribution in [0.15, 0.2) is 42.5 Å². The molecule has 0 spiro atoms. The molecule has 0 saturated heterocycles. The van der Waals surface area contributed by atoms with Gasteiger partial charge in [0.15, 0.2) is 5.78 Å². The highest BCUT2D eigenvalue weighted by molar-refractivity contribution is 5.94. The van der Waals surface area contributed by atoms with Crippen LogP contribution in [0.1, 0.15) is 18.9 Å². The van der Waals surface area contributed by atoms with Gasteiger partial charge in [-0.15, -0.1) is 0 Å². The van der Waals surface area contributed by atoms with Gasteiger partial charge in [-0.25, -0.2) is 0 Å². The minimum Gasteiger partial charge on any atom is -0.324 e. The van der Waals surface area contributed by atoms with Crippen LogP contribution >= 0.6 is 0 Å². The molecule has 0 unspecified atom stereocenters. The van der Waals surface area contributed by atoms with Crippen LogP contribution in [0.4, 0.5) is 0 Å². The summed E-state index contributed by atoms with van der Waals surface area (Å²) in [4.78, 5) is 11.5. The van der Waals surface area contributed by atoms with E-state index in [4.69, 9.17) is 0 Å². The Morgan fingerprint density at radius 1 is 1.24 bits per heavy atom. The SMILES string of the molecule is C=C(C)C(=O)CC[N+](C)(C)Cc1ccccc1. The molecule has 92 valence electrons. The third-order valence-electron chi connectivity index (χ3n) is 2.87. The van der Waals surface area contributed by atoms with Gasteiger partial charge in [0, 0.05) is 5.56 Å². The molecule has 0 fully saturated rings. The van der Waals surface area contributed by atoms with Crippen molar-refractivity contribution >= 4 is 5.78 Å². The van der Waals surface area contributed by atoms with Crippen LogP contribution in [0.2, 0.25) is 0 Å². The number of quaternary nitrogens is 1. The smallest absolute Gasteiger partial charge is 0.163 e. The third kappa shape index (κ3) is 4.96. The summed E-state index contributed by atoms with van der Waals surface area (Å²) in [5.41, 5.74) is 1.96. The molecule has 0 radical (unpaired) electrons. The van der Waals surface area contributed by atoms with Crippen molar-refractivity contribution in [1.82, 2.24) is 0 Å². The molecule has 1 aromatic carbocycles. The molecular weight excluding hydrogens is 210 g/mol. The quantitative estimate of drug-likeness (QED) is 0.544. The van der Waals surface area contributed by atoms with Crippen molar-refractivity contribution in [1.29, 1.82) is 0 Å². The van der Waals surface area contributed by atoms with Gasteiger partial charge < -0.3 is 4.48 Å². The van der Waals surface area contributed by atoms with Crippen molar-refractivity contribution in [3.05, 3.63) is 48.0 Å². The fourth-order valence-electron chi connectivity index (χ4n) is 1.77. The highest BCUT2D eigenvalue weighted by Crippen LogP contribution is 2.10. The van der Waals surface area contributed by atoms with E-state index in [1.165, 1.54) is 5.56 Å². The molecule has 0 N–H and O–H groups in total.